The van der Waals surface area contributed by atoms with Crippen LogP contribution in [0.4, 0.5) is 0 Å². The van der Waals surface area contributed by atoms with Crippen molar-refractivity contribution in [2.24, 2.45) is 0 Å². The number of ether oxygens (including phenoxy) is 3. The van der Waals surface area contributed by atoms with Crippen molar-refractivity contribution in [1.82, 2.24) is 0 Å². The number of hydrogen-bond donors (Lipinski definition) is 2. The predicted octanol–water partition coefficient (Wildman–Crippen LogP) is 15.5. The summed E-state index contributed by atoms with van der Waals surface area (Å²) >= 11 is 0. The van der Waals surface area contributed by atoms with Crippen LogP contribution in [0.15, 0.2) is 109 Å². The lowest BCUT2D eigenvalue weighted by atomic mass is 10.1. The number of hydrogen-bond acceptors (Lipinski definition) is 10. The molecule has 0 heterocycles. The Morgan fingerprint density at radius 2 is 0.700 bits per heavy atom. The van der Waals surface area contributed by atoms with Crippen molar-refractivity contribution in [2.45, 2.75) is 213 Å². The Morgan fingerprint density at radius 1 is 0.400 bits per heavy atom. The van der Waals surface area contributed by atoms with E-state index in [2.05, 4.69) is 130 Å². The summed E-state index contributed by atoms with van der Waals surface area (Å²) in [7, 11) is -4.77. The number of unbranched alkanes of at least 4 members (excludes halogenated alkanes) is 13. The van der Waals surface area contributed by atoms with E-state index >= 15 is 0 Å². The van der Waals surface area contributed by atoms with Gasteiger partial charge in [0.1, 0.15) is 12.7 Å². The number of allylic oxidation sites excluding steroid dienone is 18. The molecular weight excluding hydrogens is 904 g/mol. The molecule has 0 saturated carbocycles. The van der Waals surface area contributed by atoms with E-state index in [1.54, 1.807) is 0 Å². The van der Waals surface area contributed by atoms with Crippen LogP contribution in [-0.2, 0) is 42.2 Å². The zero-order chi connectivity index (χ0) is 51.3. The Bertz CT molecular complexity index is 1590. The zero-order valence-electron chi connectivity index (χ0n) is 43.7. The lowest BCUT2D eigenvalue weighted by Crippen LogP contribution is -2.30. The zero-order valence-corrected chi connectivity index (χ0v) is 44.6. The number of aliphatic hydroxyl groups excluding tert-OH is 1. The van der Waals surface area contributed by atoms with Crippen molar-refractivity contribution in [2.75, 3.05) is 26.4 Å². The topological polar surface area (TPSA) is 155 Å². The standard InChI is InChI=1S/C58H95O11P/c1-4-7-10-13-16-19-22-25-27-30-32-35-38-41-44-47-56(60)65-51-55(69-58(62)49-46-43-40-37-34-31-28-26-23-20-17-14-11-8-5-2)53-67-70(63,64)66-52-54(50-59)68-57(61)48-45-42-39-36-33-29-24-21-18-15-12-9-6-3/h7-12,16-21,25-29,33,54-55,59H,4-6,13-15,22-24,30-32,34-53H2,1-3H3,(H,63,64)/b10-7-,11-8-,12-9-,19-16-,20-17-,21-18-,27-25-,28-26-,33-29-. The van der Waals surface area contributed by atoms with Crippen LogP contribution >= 0.6 is 7.82 Å². The third kappa shape index (κ3) is 49.1. The van der Waals surface area contributed by atoms with Crippen LogP contribution in [0.5, 0.6) is 0 Å². The highest BCUT2D eigenvalue weighted by molar-refractivity contribution is 7.47. The van der Waals surface area contributed by atoms with Gasteiger partial charge in [0.05, 0.1) is 19.8 Å². The minimum Gasteiger partial charge on any atom is -0.462 e. The first kappa shape index (κ1) is 66.1. The van der Waals surface area contributed by atoms with Gasteiger partial charge in [0.25, 0.3) is 0 Å². The third-order valence-corrected chi connectivity index (χ3v) is 11.6. The van der Waals surface area contributed by atoms with E-state index in [1.165, 1.54) is 0 Å². The quantitative estimate of drug-likeness (QED) is 0.0197. The summed E-state index contributed by atoms with van der Waals surface area (Å²) in [4.78, 5) is 48.4. The summed E-state index contributed by atoms with van der Waals surface area (Å²) in [5, 5.41) is 9.78. The van der Waals surface area contributed by atoms with Gasteiger partial charge in [-0.2, -0.15) is 0 Å². The average molecular weight is 999 g/mol. The van der Waals surface area contributed by atoms with E-state index in [9.17, 15) is 28.9 Å². The van der Waals surface area contributed by atoms with E-state index < -0.39 is 57.8 Å². The van der Waals surface area contributed by atoms with E-state index in [-0.39, 0.29) is 25.9 Å². The van der Waals surface area contributed by atoms with Crippen molar-refractivity contribution >= 4 is 25.7 Å². The summed E-state index contributed by atoms with van der Waals surface area (Å²) in [5.41, 5.74) is 0. The van der Waals surface area contributed by atoms with Crippen LogP contribution in [0.2, 0.25) is 0 Å². The van der Waals surface area contributed by atoms with E-state index in [1.807, 2.05) is 0 Å². The highest BCUT2D eigenvalue weighted by Gasteiger charge is 2.28. The predicted molar refractivity (Wildman–Crippen MR) is 288 cm³/mol. The molecule has 0 bridgehead atoms. The second-order valence-corrected chi connectivity index (χ2v) is 18.7. The van der Waals surface area contributed by atoms with Gasteiger partial charge in [0.2, 0.25) is 0 Å². The minimum atomic E-state index is -4.77. The average Bonchev–Trinajstić information content (AvgIpc) is 3.35. The smallest absolute Gasteiger partial charge is 0.462 e. The molecule has 0 aromatic carbocycles. The summed E-state index contributed by atoms with van der Waals surface area (Å²) in [6.45, 7) is 4.20. The molecule has 11 nitrogen and oxygen atoms in total. The monoisotopic (exact) mass is 999 g/mol. The first-order valence-electron chi connectivity index (χ1n) is 26.8. The Kier molecular flexibility index (Phi) is 48.7. The molecule has 0 aliphatic carbocycles. The third-order valence-electron chi connectivity index (χ3n) is 10.7. The molecule has 0 aromatic heterocycles. The van der Waals surface area contributed by atoms with E-state index in [0.717, 1.165) is 141 Å². The fourth-order valence-electron chi connectivity index (χ4n) is 6.69. The second-order valence-electron chi connectivity index (χ2n) is 17.2. The SMILES string of the molecule is CC/C=C\C/C=C\C/C=C\CCCCCCCC(=O)OCC(COP(=O)(O)OCC(CO)OC(=O)CCCCC/C=C\C/C=C\C/C=C\CC)OC(=O)CCCCCCC/C=C\C/C=C\C/C=C\CC. The van der Waals surface area contributed by atoms with Gasteiger partial charge in [-0.05, 0) is 116 Å². The molecule has 0 aliphatic rings. The molecule has 0 radical (unpaired) electrons. The molecule has 0 amide bonds. The molecule has 0 spiro atoms. The van der Waals surface area contributed by atoms with Crippen LogP contribution in [-0.4, -0.2) is 66.5 Å². The van der Waals surface area contributed by atoms with Crippen molar-refractivity contribution < 1.29 is 52.2 Å². The lowest BCUT2D eigenvalue weighted by molar-refractivity contribution is -0.161. The van der Waals surface area contributed by atoms with E-state index in [0.29, 0.717) is 19.3 Å². The minimum absolute atomic E-state index is 0.134. The summed E-state index contributed by atoms with van der Waals surface area (Å²) in [6.07, 6.45) is 60.6. The normalized spacial score (nSPS) is 14.3. The summed E-state index contributed by atoms with van der Waals surface area (Å²) < 4.78 is 39.4. The van der Waals surface area contributed by atoms with Crippen LogP contribution in [0, 0.1) is 0 Å². The van der Waals surface area contributed by atoms with Gasteiger partial charge >= 0.3 is 25.7 Å². The molecule has 70 heavy (non-hydrogen) atoms. The molecule has 12 heteroatoms. The number of aliphatic hydroxyl groups is 1. The number of phosphoric ester groups is 1. The van der Waals surface area contributed by atoms with Crippen molar-refractivity contribution in [3.05, 3.63) is 109 Å². The second kappa shape index (κ2) is 51.5. The molecule has 0 saturated heterocycles. The highest BCUT2D eigenvalue weighted by atomic mass is 31.2. The van der Waals surface area contributed by atoms with Gasteiger partial charge in [0, 0.05) is 19.3 Å². The summed E-state index contributed by atoms with van der Waals surface area (Å²) in [6, 6.07) is 0. The number of carbonyl (C=O) groups is 3. The molecule has 0 aromatic rings. The Morgan fingerprint density at radius 3 is 1.09 bits per heavy atom. The molecule has 0 rings (SSSR count). The summed E-state index contributed by atoms with van der Waals surface area (Å²) in [5.74, 6) is -1.55. The fourth-order valence-corrected chi connectivity index (χ4v) is 7.48. The van der Waals surface area contributed by atoms with Gasteiger partial charge in [-0.1, -0.05) is 175 Å². The molecule has 0 fully saturated rings. The van der Waals surface area contributed by atoms with Crippen LogP contribution in [0.3, 0.4) is 0 Å². The maximum atomic E-state index is 12.9. The van der Waals surface area contributed by atoms with Crippen LogP contribution < -0.4 is 0 Å². The lowest BCUT2D eigenvalue weighted by Gasteiger charge is -2.21. The van der Waals surface area contributed by atoms with Crippen molar-refractivity contribution in [3.8, 4) is 0 Å². The van der Waals surface area contributed by atoms with Gasteiger partial charge in [0.15, 0.2) is 6.10 Å². The molecule has 398 valence electrons. The maximum Gasteiger partial charge on any atom is 0.472 e. The van der Waals surface area contributed by atoms with Crippen LogP contribution in [0.25, 0.3) is 0 Å². The Hall–Kier alpha value is -3.86. The van der Waals surface area contributed by atoms with Gasteiger partial charge in [-0.3, -0.25) is 23.4 Å². The molecule has 0 aliphatic heterocycles. The molecule has 3 atom stereocenters. The number of rotatable bonds is 48. The molecular formula is C58H95O11P. The number of phosphoric acid groups is 1. The fraction of sp³-hybridized carbons (Fsp3) is 0.638. The highest BCUT2D eigenvalue weighted by Crippen LogP contribution is 2.43. The Labute approximate surface area is 425 Å². The Balaban J connectivity index is 4.83. The van der Waals surface area contributed by atoms with Gasteiger partial charge in [-0.15, -0.1) is 0 Å². The maximum absolute atomic E-state index is 12.9. The van der Waals surface area contributed by atoms with E-state index in [4.69, 9.17) is 23.3 Å². The number of esters is 3. The number of carbonyl (C=O) groups excluding carboxylic acids is 3. The first-order chi connectivity index (χ1) is 34.2. The van der Waals surface area contributed by atoms with Crippen molar-refractivity contribution in [1.29, 1.82) is 0 Å². The van der Waals surface area contributed by atoms with Gasteiger partial charge in [-0.25, -0.2) is 4.57 Å². The first-order valence-corrected chi connectivity index (χ1v) is 28.3. The molecule has 3 unspecified atom stereocenters. The molecule has 2 N–H and O–H groups in total. The van der Waals surface area contributed by atoms with Gasteiger partial charge < -0.3 is 24.2 Å². The van der Waals surface area contributed by atoms with Crippen LogP contribution in [0.1, 0.15) is 201 Å². The largest absolute Gasteiger partial charge is 0.472 e. The van der Waals surface area contributed by atoms with Crippen molar-refractivity contribution in [3.63, 3.8) is 0 Å².